The van der Waals surface area contributed by atoms with E-state index in [9.17, 15) is 0 Å². The smallest absolute Gasteiger partial charge is 0.0202 e. The molecule has 1 aliphatic rings. The van der Waals surface area contributed by atoms with Crippen molar-refractivity contribution < 1.29 is 0 Å². The first-order valence-corrected chi connectivity index (χ1v) is 3.12. The van der Waals surface area contributed by atoms with E-state index < -0.39 is 0 Å². The monoisotopic (exact) mass is 109 g/mol. The fourth-order valence-corrected chi connectivity index (χ4v) is 0.740. The summed E-state index contributed by atoms with van der Waals surface area (Å²) in [6, 6.07) is 0. The van der Waals surface area contributed by atoms with Gasteiger partial charge in [0.25, 0.3) is 0 Å². The van der Waals surface area contributed by atoms with E-state index >= 15 is 0 Å². The molecule has 0 bridgehead atoms. The first-order chi connectivity index (χ1) is 4.00. The van der Waals surface area contributed by atoms with Crippen LogP contribution >= 0.6 is 0 Å². The van der Waals surface area contributed by atoms with E-state index in [4.69, 9.17) is 0 Å². The third-order valence-electron chi connectivity index (χ3n) is 1.19. The molecule has 0 saturated heterocycles. The molecule has 0 saturated carbocycles. The van der Waals surface area contributed by atoms with Crippen LogP contribution in [0.2, 0.25) is 0 Å². The second kappa shape index (κ2) is 3.67. The zero-order chi connectivity index (χ0) is 5.66. The number of allylic oxidation sites excluding steroid dienone is 1. The lowest BCUT2D eigenvalue weighted by Gasteiger charge is -2.00. The Hall–Kier alpha value is -0.300. The lowest BCUT2D eigenvalue weighted by molar-refractivity contribution is 0.670. The number of rotatable bonds is 0. The predicted octanol–water partition coefficient (Wildman–Crippen LogP) is 1.15. The molecule has 1 heteroatoms. The molecule has 0 aliphatic carbocycles. The molecule has 0 spiro atoms. The molecule has 0 amide bonds. The summed E-state index contributed by atoms with van der Waals surface area (Å²) < 4.78 is 0. The Kier molecular flexibility index (Phi) is 2.68. The maximum absolute atomic E-state index is 4.22. The molecule has 44 valence electrons. The highest BCUT2D eigenvalue weighted by Crippen LogP contribution is 1.94. The average Bonchev–Trinajstić information content (AvgIpc) is 1.62. The Labute approximate surface area is 50.8 Å². The van der Waals surface area contributed by atoms with Gasteiger partial charge in [-0.05, 0) is 19.3 Å². The van der Waals surface area contributed by atoms with Gasteiger partial charge in [0, 0.05) is 13.1 Å². The van der Waals surface area contributed by atoms with Crippen LogP contribution in [0.25, 0.3) is 0 Å². The normalized spacial score (nSPS) is 26.0. The van der Waals surface area contributed by atoms with Crippen LogP contribution in [0.15, 0.2) is 12.2 Å². The molecular weight excluding hydrogens is 98.1 g/mol. The van der Waals surface area contributed by atoms with Crippen LogP contribution in [0.5, 0.6) is 0 Å². The van der Waals surface area contributed by atoms with E-state index in [2.05, 4.69) is 23.9 Å². The van der Waals surface area contributed by atoms with Gasteiger partial charge >= 0.3 is 0 Å². The molecule has 0 atom stereocenters. The second-order valence-corrected chi connectivity index (χ2v) is 1.94. The van der Waals surface area contributed by atoms with Crippen molar-refractivity contribution in [3.8, 4) is 0 Å². The molecule has 1 nitrogen and oxygen atoms in total. The van der Waals surface area contributed by atoms with E-state index in [-0.39, 0.29) is 0 Å². The van der Waals surface area contributed by atoms with Gasteiger partial charge in [-0.25, -0.2) is 5.32 Å². The summed E-state index contributed by atoms with van der Waals surface area (Å²) in [7, 11) is 0. The molecular formula is C7H11N. The number of nitrogens with zero attached hydrogens (tertiary/aromatic N) is 1. The zero-order valence-corrected chi connectivity index (χ0v) is 5.01. The topological polar surface area (TPSA) is 14.1 Å². The van der Waals surface area contributed by atoms with Crippen molar-refractivity contribution in [2.45, 2.75) is 12.8 Å². The summed E-state index contributed by atoms with van der Waals surface area (Å²) in [6.45, 7) is 1.96. The highest BCUT2D eigenvalue weighted by molar-refractivity contribution is 4.96. The quantitative estimate of drug-likeness (QED) is 0.443. The summed E-state index contributed by atoms with van der Waals surface area (Å²) >= 11 is 0. The summed E-state index contributed by atoms with van der Waals surface area (Å²) in [4.78, 5) is 0. The number of hydrogen-bond donors (Lipinski definition) is 0. The third-order valence-corrected chi connectivity index (χ3v) is 1.19. The highest BCUT2D eigenvalue weighted by Gasteiger charge is 1.89. The summed E-state index contributed by atoms with van der Waals surface area (Å²) in [5.74, 6) is 0. The number of hydrogen-bond acceptors (Lipinski definition) is 0. The van der Waals surface area contributed by atoms with Gasteiger partial charge in [-0.15, -0.1) is 0 Å². The van der Waals surface area contributed by atoms with E-state index in [0.29, 0.717) is 0 Å². The van der Waals surface area contributed by atoms with Gasteiger partial charge < -0.3 is 0 Å². The Morgan fingerprint density at radius 3 is 3.38 bits per heavy atom. The molecule has 1 rings (SSSR count). The van der Waals surface area contributed by atoms with Gasteiger partial charge in [0.05, 0.1) is 0 Å². The van der Waals surface area contributed by atoms with Crippen molar-refractivity contribution in [1.82, 2.24) is 5.32 Å². The molecule has 8 heavy (non-hydrogen) atoms. The van der Waals surface area contributed by atoms with Gasteiger partial charge in [0.2, 0.25) is 0 Å². The van der Waals surface area contributed by atoms with Crippen LogP contribution in [0.4, 0.5) is 0 Å². The Morgan fingerprint density at radius 1 is 1.38 bits per heavy atom. The molecule has 0 N–H and O–H groups in total. The maximum atomic E-state index is 4.22. The minimum Gasteiger partial charge on any atom is -0.241 e. The van der Waals surface area contributed by atoms with Crippen molar-refractivity contribution in [3.05, 3.63) is 18.6 Å². The van der Waals surface area contributed by atoms with Gasteiger partial charge in [0.1, 0.15) is 0 Å². The van der Waals surface area contributed by atoms with Gasteiger partial charge in [0.15, 0.2) is 0 Å². The standard InChI is InChI=1S/C7H11N/c1-2-4-6-8-7-5-3-1/h1-2,4H,3,5-7H2/b2-1-. The fraction of sp³-hybridized carbons (Fsp3) is 0.571. The van der Waals surface area contributed by atoms with Crippen LogP contribution in [-0.4, -0.2) is 13.1 Å². The zero-order valence-electron chi connectivity index (χ0n) is 5.01. The molecule has 1 heterocycles. The van der Waals surface area contributed by atoms with Crippen molar-refractivity contribution >= 4 is 0 Å². The fourth-order valence-electron chi connectivity index (χ4n) is 0.740. The van der Waals surface area contributed by atoms with Gasteiger partial charge in [-0.3, -0.25) is 0 Å². The minimum absolute atomic E-state index is 0.913. The molecule has 0 aromatic carbocycles. The molecule has 0 unspecified atom stereocenters. The van der Waals surface area contributed by atoms with Crippen molar-refractivity contribution in [2.24, 2.45) is 0 Å². The minimum atomic E-state index is 0.913. The summed E-state index contributed by atoms with van der Waals surface area (Å²) in [5.41, 5.74) is 0. The third kappa shape index (κ3) is 2.12. The first kappa shape index (κ1) is 5.83. The lowest BCUT2D eigenvalue weighted by atomic mass is 10.2. The first-order valence-electron chi connectivity index (χ1n) is 3.12. The van der Waals surface area contributed by atoms with E-state index in [0.717, 1.165) is 13.1 Å². The van der Waals surface area contributed by atoms with Crippen LogP contribution in [0.3, 0.4) is 0 Å². The Balaban J connectivity index is 2.17. The highest BCUT2D eigenvalue weighted by atomic mass is 14.8. The summed E-state index contributed by atoms with van der Waals surface area (Å²) in [6.07, 6.45) is 8.82. The van der Waals surface area contributed by atoms with Crippen LogP contribution < -0.4 is 5.32 Å². The largest absolute Gasteiger partial charge is 0.241 e. The van der Waals surface area contributed by atoms with Crippen molar-refractivity contribution in [2.75, 3.05) is 13.1 Å². The molecule has 0 aromatic rings. The Bertz CT molecular complexity index is 66.5. The molecule has 0 aromatic heterocycles. The van der Waals surface area contributed by atoms with Crippen LogP contribution in [0.1, 0.15) is 12.8 Å². The lowest BCUT2D eigenvalue weighted by Crippen LogP contribution is -2.09. The molecule has 0 fully saturated rings. The van der Waals surface area contributed by atoms with Crippen LogP contribution in [0, 0.1) is 6.42 Å². The Morgan fingerprint density at radius 2 is 2.38 bits per heavy atom. The second-order valence-electron chi connectivity index (χ2n) is 1.94. The van der Waals surface area contributed by atoms with Crippen LogP contribution in [-0.2, 0) is 0 Å². The van der Waals surface area contributed by atoms with Crippen molar-refractivity contribution in [1.29, 1.82) is 0 Å². The van der Waals surface area contributed by atoms with Gasteiger partial charge in [-0.2, -0.15) is 0 Å². The van der Waals surface area contributed by atoms with Crippen molar-refractivity contribution in [3.63, 3.8) is 0 Å². The predicted molar refractivity (Wildman–Crippen MR) is 34.5 cm³/mol. The molecule has 2 radical (unpaired) electrons. The average molecular weight is 109 g/mol. The SMILES string of the molecule is [CH]1/C=C\CCC[N]C1. The van der Waals surface area contributed by atoms with E-state index in [1.165, 1.54) is 12.8 Å². The van der Waals surface area contributed by atoms with E-state index in [1.54, 1.807) is 0 Å². The van der Waals surface area contributed by atoms with E-state index in [1.807, 2.05) is 0 Å². The molecule has 1 aliphatic heterocycles. The maximum Gasteiger partial charge on any atom is 0.0202 e. The summed E-state index contributed by atoms with van der Waals surface area (Å²) in [5, 5.41) is 4.22. The van der Waals surface area contributed by atoms with Gasteiger partial charge in [-0.1, -0.05) is 12.2 Å².